The molecule has 0 aromatic heterocycles. The summed E-state index contributed by atoms with van der Waals surface area (Å²) in [6, 6.07) is 14.0. The average Bonchev–Trinajstić information content (AvgIpc) is 2.38. The number of anilines is 1. The van der Waals surface area contributed by atoms with Gasteiger partial charge in [0.05, 0.1) is 5.97 Å². The van der Waals surface area contributed by atoms with Crippen LogP contribution in [0.2, 0.25) is 5.02 Å². The van der Waals surface area contributed by atoms with Crippen molar-refractivity contribution in [3.8, 4) is 0 Å². The Hall–Kier alpha value is -2.00. The minimum absolute atomic E-state index is 0.173. The molecule has 0 amide bonds. The van der Waals surface area contributed by atoms with Crippen LogP contribution in [0, 0.1) is 0 Å². The predicted molar refractivity (Wildman–Crippen MR) is 69.6 cm³/mol. The van der Waals surface area contributed by atoms with Crippen molar-refractivity contribution >= 4 is 23.3 Å². The maximum Gasteiger partial charge on any atom is 0.0715 e. The highest BCUT2D eigenvalue weighted by atomic mass is 35.5. The molecular weight excluding hydrogens is 250 g/mol. The zero-order chi connectivity index (χ0) is 13.0. The number of hydrogen-bond donors (Lipinski definition) is 1. The lowest BCUT2D eigenvalue weighted by Crippen LogP contribution is -2.21. The first kappa shape index (κ1) is 12.5. The molecule has 0 radical (unpaired) electrons. The van der Waals surface area contributed by atoms with Crippen LogP contribution in [0.1, 0.15) is 15.9 Å². The van der Waals surface area contributed by atoms with E-state index in [-0.39, 0.29) is 5.56 Å². The molecule has 0 atom stereocenters. The van der Waals surface area contributed by atoms with Crippen LogP contribution in [0.15, 0.2) is 48.5 Å². The third kappa shape index (κ3) is 3.25. The highest BCUT2D eigenvalue weighted by Crippen LogP contribution is 2.13. The Kier molecular flexibility index (Phi) is 3.85. The van der Waals surface area contributed by atoms with Crippen molar-refractivity contribution in [1.82, 2.24) is 0 Å². The number of hydrogen-bond acceptors (Lipinski definition) is 3. The van der Waals surface area contributed by atoms with E-state index < -0.39 is 5.97 Å². The molecule has 2 aromatic rings. The van der Waals surface area contributed by atoms with E-state index in [0.717, 1.165) is 11.3 Å². The van der Waals surface area contributed by atoms with Gasteiger partial charge in [0.25, 0.3) is 0 Å². The molecule has 0 heterocycles. The van der Waals surface area contributed by atoms with Crippen LogP contribution >= 0.6 is 11.6 Å². The van der Waals surface area contributed by atoms with Crippen LogP contribution in [0.25, 0.3) is 0 Å². The van der Waals surface area contributed by atoms with Gasteiger partial charge in [-0.25, -0.2) is 0 Å². The largest absolute Gasteiger partial charge is 0.545 e. The topological polar surface area (TPSA) is 52.2 Å². The standard InChI is InChI=1S/C14H12ClNO2/c15-12-5-1-10(2-6-12)9-16-13-7-3-11(4-8-13)14(17)18/h1-8,16H,9H2,(H,17,18)/p-1. The smallest absolute Gasteiger partial charge is 0.0715 e. The minimum atomic E-state index is -1.17. The SMILES string of the molecule is O=C([O-])c1ccc(NCc2ccc(Cl)cc2)cc1. The van der Waals surface area contributed by atoms with Gasteiger partial charge in [-0.2, -0.15) is 0 Å². The first-order valence-corrected chi connectivity index (χ1v) is 5.83. The van der Waals surface area contributed by atoms with Crippen LogP contribution in [-0.4, -0.2) is 5.97 Å². The van der Waals surface area contributed by atoms with Gasteiger partial charge in [-0.05, 0) is 35.4 Å². The van der Waals surface area contributed by atoms with Crippen LogP contribution in [-0.2, 0) is 6.54 Å². The van der Waals surface area contributed by atoms with Gasteiger partial charge in [0.2, 0.25) is 0 Å². The van der Waals surface area contributed by atoms with Crippen LogP contribution in [0.5, 0.6) is 0 Å². The zero-order valence-corrected chi connectivity index (χ0v) is 10.3. The maximum atomic E-state index is 10.6. The summed E-state index contributed by atoms with van der Waals surface area (Å²) in [6.45, 7) is 0.655. The van der Waals surface area contributed by atoms with E-state index >= 15 is 0 Å². The summed E-state index contributed by atoms with van der Waals surface area (Å²) in [6.07, 6.45) is 0. The zero-order valence-electron chi connectivity index (χ0n) is 9.52. The molecule has 18 heavy (non-hydrogen) atoms. The third-order valence-electron chi connectivity index (χ3n) is 2.53. The van der Waals surface area contributed by atoms with E-state index in [1.807, 2.05) is 24.3 Å². The molecule has 4 heteroatoms. The van der Waals surface area contributed by atoms with Crippen molar-refractivity contribution in [2.24, 2.45) is 0 Å². The molecule has 0 fully saturated rings. The average molecular weight is 261 g/mol. The molecule has 0 saturated heterocycles. The van der Waals surface area contributed by atoms with Gasteiger partial charge in [0, 0.05) is 17.3 Å². The highest BCUT2D eigenvalue weighted by molar-refractivity contribution is 6.30. The Bertz CT molecular complexity index is 535. The van der Waals surface area contributed by atoms with Crippen molar-refractivity contribution in [2.45, 2.75) is 6.54 Å². The number of carbonyl (C=O) groups excluding carboxylic acids is 1. The third-order valence-corrected chi connectivity index (χ3v) is 2.78. The van der Waals surface area contributed by atoms with E-state index in [4.69, 9.17) is 11.6 Å². The molecule has 0 aliphatic rings. The molecule has 0 saturated carbocycles. The van der Waals surface area contributed by atoms with Crippen LogP contribution in [0.4, 0.5) is 5.69 Å². The first-order valence-electron chi connectivity index (χ1n) is 5.45. The molecule has 1 N–H and O–H groups in total. The lowest BCUT2D eigenvalue weighted by molar-refractivity contribution is -0.255. The number of nitrogens with one attached hydrogen (secondary N) is 1. The second-order valence-corrected chi connectivity index (χ2v) is 4.28. The van der Waals surface area contributed by atoms with E-state index in [9.17, 15) is 9.90 Å². The molecule has 0 unspecified atom stereocenters. The number of carboxylic acid groups (broad SMARTS) is 1. The number of rotatable bonds is 4. The number of halogens is 1. The van der Waals surface area contributed by atoms with Gasteiger partial charge in [-0.15, -0.1) is 0 Å². The van der Waals surface area contributed by atoms with Gasteiger partial charge in [-0.3, -0.25) is 0 Å². The maximum absolute atomic E-state index is 10.6. The molecule has 0 spiro atoms. The summed E-state index contributed by atoms with van der Waals surface area (Å²) < 4.78 is 0. The molecule has 0 aliphatic heterocycles. The summed E-state index contributed by atoms with van der Waals surface area (Å²) in [7, 11) is 0. The molecule has 92 valence electrons. The van der Waals surface area contributed by atoms with Crippen molar-refractivity contribution in [3.63, 3.8) is 0 Å². The number of benzene rings is 2. The molecule has 0 aliphatic carbocycles. The van der Waals surface area contributed by atoms with Crippen molar-refractivity contribution in [3.05, 3.63) is 64.7 Å². The van der Waals surface area contributed by atoms with Crippen LogP contribution in [0.3, 0.4) is 0 Å². The normalized spacial score (nSPS) is 10.1. The van der Waals surface area contributed by atoms with Gasteiger partial charge in [0.15, 0.2) is 0 Å². The van der Waals surface area contributed by atoms with Gasteiger partial charge in [0.1, 0.15) is 0 Å². The van der Waals surface area contributed by atoms with E-state index in [2.05, 4.69) is 5.32 Å². The molecular formula is C14H11ClNO2-. The van der Waals surface area contributed by atoms with E-state index in [1.54, 1.807) is 12.1 Å². The lowest BCUT2D eigenvalue weighted by atomic mass is 10.2. The Balaban J connectivity index is 1.97. The molecule has 3 nitrogen and oxygen atoms in total. The van der Waals surface area contributed by atoms with E-state index in [0.29, 0.717) is 11.6 Å². The Morgan fingerprint density at radius 3 is 2.22 bits per heavy atom. The first-order chi connectivity index (χ1) is 8.65. The van der Waals surface area contributed by atoms with Crippen molar-refractivity contribution < 1.29 is 9.90 Å². The number of carbonyl (C=O) groups is 1. The fraction of sp³-hybridized carbons (Fsp3) is 0.0714. The second kappa shape index (κ2) is 5.56. The quantitative estimate of drug-likeness (QED) is 0.918. The summed E-state index contributed by atoms with van der Waals surface area (Å²) in [5.74, 6) is -1.17. The highest BCUT2D eigenvalue weighted by Gasteiger charge is 1.96. The van der Waals surface area contributed by atoms with Gasteiger partial charge >= 0.3 is 0 Å². The second-order valence-electron chi connectivity index (χ2n) is 3.84. The van der Waals surface area contributed by atoms with E-state index in [1.165, 1.54) is 12.1 Å². The monoisotopic (exact) mass is 260 g/mol. The van der Waals surface area contributed by atoms with Gasteiger partial charge < -0.3 is 15.2 Å². The number of carboxylic acids is 1. The Morgan fingerprint density at radius 1 is 1.06 bits per heavy atom. The Morgan fingerprint density at radius 2 is 1.67 bits per heavy atom. The molecule has 2 rings (SSSR count). The summed E-state index contributed by atoms with van der Waals surface area (Å²) >= 11 is 5.79. The summed E-state index contributed by atoms with van der Waals surface area (Å²) in [5.41, 5.74) is 2.13. The fourth-order valence-corrected chi connectivity index (χ4v) is 1.66. The summed E-state index contributed by atoms with van der Waals surface area (Å²) in [5, 5.41) is 14.5. The predicted octanol–water partition coefficient (Wildman–Crippen LogP) is 2.32. The summed E-state index contributed by atoms with van der Waals surface area (Å²) in [4.78, 5) is 10.6. The number of aromatic carboxylic acids is 1. The van der Waals surface area contributed by atoms with Crippen molar-refractivity contribution in [1.29, 1.82) is 0 Å². The lowest BCUT2D eigenvalue weighted by Gasteiger charge is -2.08. The van der Waals surface area contributed by atoms with Gasteiger partial charge in [-0.1, -0.05) is 35.9 Å². The molecule has 0 bridgehead atoms. The Labute approximate surface area is 110 Å². The minimum Gasteiger partial charge on any atom is -0.545 e. The van der Waals surface area contributed by atoms with Crippen molar-refractivity contribution in [2.75, 3.05) is 5.32 Å². The molecule has 2 aromatic carbocycles. The van der Waals surface area contributed by atoms with Crippen LogP contribution < -0.4 is 10.4 Å². The fourth-order valence-electron chi connectivity index (χ4n) is 1.53.